The lowest BCUT2D eigenvalue weighted by Crippen LogP contribution is -2.26. The number of hydrogen-bond acceptors (Lipinski definition) is 1. The molecule has 0 rings (SSSR count). The molecule has 0 saturated carbocycles. The first-order valence-electron chi connectivity index (χ1n) is 6.44. The molecule has 1 unspecified atom stereocenters. The zero-order valence-electron chi connectivity index (χ0n) is 11.2. The molecule has 15 heavy (non-hydrogen) atoms. The van der Waals surface area contributed by atoms with E-state index >= 15 is 0 Å². The van der Waals surface area contributed by atoms with Gasteiger partial charge in [0.15, 0.2) is 0 Å². The lowest BCUT2D eigenvalue weighted by atomic mass is 9.82. The van der Waals surface area contributed by atoms with Gasteiger partial charge in [0, 0.05) is 11.3 Å². The smallest absolute Gasteiger partial charge is 0.140 e. The van der Waals surface area contributed by atoms with Gasteiger partial charge in [-0.15, -0.1) is 0 Å². The van der Waals surface area contributed by atoms with Gasteiger partial charge in [-0.05, 0) is 6.42 Å². The van der Waals surface area contributed by atoms with Crippen molar-refractivity contribution in [2.24, 2.45) is 11.3 Å². The summed E-state index contributed by atoms with van der Waals surface area (Å²) in [7, 11) is 0. The van der Waals surface area contributed by atoms with Crippen LogP contribution in [0.1, 0.15) is 73.1 Å². The van der Waals surface area contributed by atoms with Gasteiger partial charge in [-0.1, -0.05) is 66.7 Å². The molecule has 0 N–H and O–H groups in total. The maximum atomic E-state index is 11.9. The van der Waals surface area contributed by atoms with Crippen LogP contribution in [0.25, 0.3) is 0 Å². The molecule has 0 amide bonds. The first kappa shape index (κ1) is 14.7. The summed E-state index contributed by atoms with van der Waals surface area (Å²) in [5, 5.41) is 0. The topological polar surface area (TPSA) is 17.1 Å². The Morgan fingerprint density at radius 1 is 1.07 bits per heavy atom. The lowest BCUT2D eigenvalue weighted by molar-refractivity contribution is -0.130. The summed E-state index contributed by atoms with van der Waals surface area (Å²) in [6.07, 6.45) is 7.52. The molecule has 1 heteroatoms. The Labute approximate surface area is 95.6 Å². The second-order valence-electron chi connectivity index (χ2n) is 5.72. The number of carbonyl (C=O) groups excluding carboxylic acids is 1. The Morgan fingerprint density at radius 2 is 1.60 bits per heavy atom. The minimum absolute atomic E-state index is 0.164. The highest BCUT2D eigenvalue weighted by Gasteiger charge is 2.25. The maximum absolute atomic E-state index is 11.9. The summed E-state index contributed by atoms with van der Waals surface area (Å²) < 4.78 is 0. The van der Waals surface area contributed by atoms with E-state index in [1.165, 1.54) is 32.1 Å². The van der Waals surface area contributed by atoms with E-state index in [0.29, 0.717) is 5.78 Å². The van der Waals surface area contributed by atoms with Gasteiger partial charge in [-0.3, -0.25) is 4.79 Å². The van der Waals surface area contributed by atoms with Gasteiger partial charge in [-0.25, -0.2) is 0 Å². The molecular weight excluding hydrogens is 184 g/mol. The highest BCUT2D eigenvalue weighted by molar-refractivity contribution is 5.85. The van der Waals surface area contributed by atoms with Crippen molar-refractivity contribution in [2.45, 2.75) is 73.1 Å². The Bertz CT molecular complexity index is 176. The first-order chi connectivity index (χ1) is 6.89. The van der Waals surface area contributed by atoms with Gasteiger partial charge >= 0.3 is 0 Å². The van der Waals surface area contributed by atoms with Gasteiger partial charge in [0.05, 0.1) is 0 Å². The Morgan fingerprint density at radius 3 is 2.07 bits per heavy atom. The number of Topliss-reactive ketones (excluding diaryl/α,β-unsaturated/α-hetero) is 1. The molecule has 0 radical (unpaired) electrons. The minimum atomic E-state index is -0.164. The molecule has 0 aromatic rings. The SMILES string of the molecule is CCCCCCCC(C)C(=O)C(C)(C)C. The van der Waals surface area contributed by atoms with Crippen molar-refractivity contribution >= 4 is 5.78 Å². The van der Waals surface area contributed by atoms with Crippen molar-refractivity contribution in [3.63, 3.8) is 0 Å². The first-order valence-corrected chi connectivity index (χ1v) is 6.44. The lowest BCUT2D eigenvalue weighted by Gasteiger charge is -2.21. The normalized spacial score (nSPS) is 13.9. The standard InChI is InChI=1S/C14H28O/c1-6-7-8-9-10-11-12(2)13(15)14(3,4)5/h12H,6-11H2,1-5H3. The maximum Gasteiger partial charge on any atom is 0.140 e. The quantitative estimate of drug-likeness (QED) is 0.564. The highest BCUT2D eigenvalue weighted by Crippen LogP contribution is 2.23. The molecule has 0 aliphatic heterocycles. The van der Waals surface area contributed by atoms with Gasteiger partial charge in [-0.2, -0.15) is 0 Å². The summed E-state index contributed by atoms with van der Waals surface area (Å²) in [6.45, 7) is 10.4. The monoisotopic (exact) mass is 212 g/mol. The zero-order chi connectivity index (χ0) is 11.9. The van der Waals surface area contributed by atoms with E-state index in [1.54, 1.807) is 0 Å². The van der Waals surface area contributed by atoms with E-state index in [0.717, 1.165) is 6.42 Å². The van der Waals surface area contributed by atoms with E-state index in [2.05, 4.69) is 13.8 Å². The van der Waals surface area contributed by atoms with Crippen LogP contribution in [0.15, 0.2) is 0 Å². The van der Waals surface area contributed by atoms with E-state index in [9.17, 15) is 4.79 Å². The molecule has 0 spiro atoms. The van der Waals surface area contributed by atoms with Crippen LogP contribution in [0.2, 0.25) is 0 Å². The van der Waals surface area contributed by atoms with Crippen LogP contribution in [0.3, 0.4) is 0 Å². The fourth-order valence-electron chi connectivity index (χ4n) is 1.92. The van der Waals surface area contributed by atoms with Gasteiger partial charge < -0.3 is 0 Å². The van der Waals surface area contributed by atoms with Crippen molar-refractivity contribution in [3.8, 4) is 0 Å². The van der Waals surface area contributed by atoms with Crippen LogP contribution < -0.4 is 0 Å². The van der Waals surface area contributed by atoms with E-state index in [1.807, 2.05) is 20.8 Å². The predicted octanol–water partition coefficient (Wildman–Crippen LogP) is 4.60. The minimum Gasteiger partial charge on any atom is -0.299 e. The van der Waals surface area contributed by atoms with Crippen molar-refractivity contribution in [1.82, 2.24) is 0 Å². The molecule has 90 valence electrons. The van der Waals surface area contributed by atoms with Crippen molar-refractivity contribution in [3.05, 3.63) is 0 Å². The van der Waals surface area contributed by atoms with E-state index in [-0.39, 0.29) is 11.3 Å². The van der Waals surface area contributed by atoms with Crippen LogP contribution >= 0.6 is 0 Å². The fourth-order valence-corrected chi connectivity index (χ4v) is 1.92. The van der Waals surface area contributed by atoms with Gasteiger partial charge in [0.25, 0.3) is 0 Å². The Hall–Kier alpha value is -0.330. The number of carbonyl (C=O) groups is 1. The largest absolute Gasteiger partial charge is 0.299 e. The molecule has 0 aliphatic rings. The summed E-state index contributed by atoms with van der Waals surface area (Å²) in [6, 6.07) is 0. The average Bonchev–Trinajstić information content (AvgIpc) is 2.14. The summed E-state index contributed by atoms with van der Waals surface area (Å²) in [4.78, 5) is 11.9. The third-order valence-electron chi connectivity index (χ3n) is 2.93. The van der Waals surface area contributed by atoms with Gasteiger partial charge in [0.1, 0.15) is 5.78 Å². The summed E-state index contributed by atoms with van der Waals surface area (Å²) in [5.41, 5.74) is -0.164. The number of rotatable bonds is 7. The van der Waals surface area contributed by atoms with Crippen LogP contribution in [-0.2, 0) is 4.79 Å². The Kier molecular flexibility index (Phi) is 6.87. The molecule has 0 saturated heterocycles. The molecule has 0 bridgehead atoms. The zero-order valence-corrected chi connectivity index (χ0v) is 11.2. The third kappa shape index (κ3) is 6.70. The molecule has 0 heterocycles. The van der Waals surface area contributed by atoms with Crippen LogP contribution in [0.5, 0.6) is 0 Å². The van der Waals surface area contributed by atoms with Crippen molar-refractivity contribution < 1.29 is 4.79 Å². The highest BCUT2D eigenvalue weighted by atomic mass is 16.1. The van der Waals surface area contributed by atoms with E-state index < -0.39 is 0 Å². The molecular formula is C14H28O. The van der Waals surface area contributed by atoms with Crippen molar-refractivity contribution in [1.29, 1.82) is 0 Å². The van der Waals surface area contributed by atoms with Crippen LogP contribution in [-0.4, -0.2) is 5.78 Å². The second kappa shape index (κ2) is 7.03. The molecule has 1 nitrogen and oxygen atoms in total. The summed E-state index contributed by atoms with van der Waals surface area (Å²) in [5.74, 6) is 0.657. The molecule has 0 aromatic carbocycles. The van der Waals surface area contributed by atoms with Crippen LogP contribution in [0.4, 0.5) is 0 Å². The molecule has 0 aromatic heterocycles. The van der Waals surface area contributed by atoms with E-state index in [4.69, 9.17) is 0 Å². The Balaban J connectivity index is 3.66. The average molecular weight is 212 g/mol. The van der Waals surface area contributed by atoms with Crippen molar-refractivity contribution in [2.75, 3.05) is 0 Å². The molecule has 0 aliphatic carbocycles. The number of unbranched alkanes of at least 4 members (excludes halogenated alkanes) is 4. The van der Waals surface area contributed by atoms with Crippen LogP contribution in [0, 0.1) is 11.3 Å². The molecule has 0 fully saturated rings. The summed E-state index contributed by atoms with van der Waals surface area (Å²) >= 11 is 0. The van der Waals surface area contributed by atoms with Gasteiger partial charge in [0.2, 0.25) is 0 Å². The number of hydrogen-bond donors (Lipinski definition) is 0. The predicted molar refractivity (Wildman–Crippen MR) is 67.0 cm³/mol. The fraction of sp³-hybridized carbons (Fsp3) is 0.929. The second-order valence-corrected chi connectivity index (χ2v) is 5.72. The number of ketones is 1. The molecule has 1 atom stereocenters. The third-order valence-corrected chi connectivity index (χ3v) is 2.93.